The van der Waals surface area contributed by atoms with E-state index in [4.69, 9.17) is 9.47 Å². The maximum atomic E-state index is 12.1. The number of hydrogen-bond acceptors (Lipinski definition) is 4. The molecule has 1 fully saturated rings. The highest BCUT2D eigenvalue weighted by molar-refractivity contribution is 5.86. The Kier molecular flexibility index (Phi) is 4.24. The van der Waals surface area contributed by atoms with Gasteiger partial charge in [-0.3, -0.25) is 4.90 Å². The Morgan fingerprint density at radius 2 is 1.94 bits per heavy atom. The molecule has 0 bridgehead atoms. The highest BCUT2D eigenvalue weighted by atomic mass is 16.6. The third-order valence-corrected chi connectivity index (χ3v) is 2.97. The molecule has 1 rings (SSSR count). The Morgan fingerprint density at radius 1 is 1.33 bits per heavy atom. The van der Waals surface area contributed by atoms with Gasteiger partial charge in [0.25, 0.3) is 0 Å². The largest absolute Gasteiger partial charge is 0.464 e. The van der Waals surface area contributed by atoms with Gasteiger partial charge in [0.05, 0.1) is 6.61 Å². The van der Waals surface area contributed by atoms with Gasteiger partial charge in [0.1, 0.15) is 11.1 Å². The molecule has 0 aromatic carbocycles. The molecule has 0 N–H and O–H groups in total. The van der Waals surface area contributed by atoms with Crippen molar-refractivity contribution in [3.05, 3.63) is 0 Å². The number of carbonyl (C=O) groups is 2. The van der Waals surface area contributed by atoms with Gasteiger partial charge in [0.2, 0.25) is 0 Å². The summed E-state index contributed by atoms with van der Waals surface area (Å²) in [4.78, 5) is 25.5. The second-order valence-electron chi connectivity index (χ2n) is 5.73. The van der Waals surface area contributed by atoms with E-state index in [2.05, 4.69) is 0 Å². The molecule has 1 aliphatic heterocycles. The van der Waals surface area contributed by atoms with Crippen LogP contribution in [-0.4, -0.2) is 41.3 Å². The summed E-state index contributed by atoms with van der Waals surface area (Å²) < 4.78 is 10.4. The second kappa shape index (κ2) is 5.16. The van der Waals surface area contributed by atoms with E-state index in [1.165, 1.54) is 4.90 Å². The van der Waals surface area contributed by atoms with E-state index in [1.807, 2.05) is 20.8 Å². The molecule has 1 atom stereocenters. The predicted molar refractivity (Wildman–Crippen MR) is 67.2 cm³/mol. The summed E-state index contributed by atoms with van der Waals surface area (Å²) in [6.45, 7) is 9.77. The molecular weight excluding hydrogens is 234 g/mol. The van der Waals surface area contributed by atoms with Crippen molar-refractivity contribution >= 4 is 12.1 Å². The first-order valence-electron chi connectivity index (χ1n) is 6.38. The van der Waals surface area contributed by atoms with Gasteiger partial charge in [-0.1, -0.05) is 0 Å². The number of hydrogen-bond donors (Lipinski definition) is 0. The number of likely N-dealkylation sites (tertiary alicyclic amines) is 1. The van der Waals surface area contributed by atoms with Crippen LogP contribution in [0.5, 0.6) is 0 Å². The smallest absolute Gasteiger partial charge is 0.411 e. The second-order valence-corrected chi connectivity index (χ2v) is 5.73. The van der Waals surface area contributed by atoms with Crippen LogP contribution in [-0.2, 0) is 14.3 Å². The van der Waals surface area contributed by atoms with Crippen molar-refractivity contribution in [1.82, 2.24) is 4.90 Å². The van der Waals surface area contributed by atoms with Crippen LogP contribution in [0.2, 0.25) is 0 Å². The Hall–Kier alpha value is -1.26. The normalized spacial score (nSPS) is 23.9. The molecule has 0 aromatic rings. The lowest BCUT2D eigenvalue weighted by molar-refractivity contribution is -0.154. The average molecular weight is 257 g/mol. The van der Waals surface area contributed by atoms with Crippen LogP contribution in [0.15, 0.2) is 0 Å². The number of amides is 1. The van der Waals surface area contributed by atoms with Crippen molar-refractivity contribution in [3.63, 3.8) is 0 Å². The van der Waals surface area contributed by atoms with Gasteiger partial charge in [-0.15, -0.1) is 0 Å². The molecule has 0 aromatic heterocycles. The van der Waals surface area contributed by atoms with Crippen LogP contribution in [0, 0.1) is 0 Å². The first-order valence-corrected chi connectivity index (χ1v) is 6.38. The summed E-state index contributed by atoms with van der Waals surface area (Å²) in [6, 6.07) is 0. The van der Waals surface area contributed by atoms with E-state index in [-0.39, 0.29) is 5.97 Å². The van der Waals surface area contributed by atoms with E-state index in [0.29, 0.717) is 19.6 Å². The monoisotopic (exact) mass is 257 g/mol. The van der Waals surface area contributed by atoms with Gasteiger partial charge in [0, 0.05) is 6.54 Å². The molecule has 104 valence electrons. The maximum Gasteiger partial charge on any atom is 0.411 e. The first-order chi connectivity index (χ1) is 8.20. The summed E-state index contributed by atoms with van der Waals surface area (Å²) in [5.74, 6) is -0.353. The van der Waals surface area contributed by atoms with E-state index in [0.717, 1.165) is 6.42 Å². The van der Waals surface area contributed by atoms with Gasteiger partial charge >= 0.3 is 12.1 Å². The lowest BCUT2D eigenvalue weighted by Crippen LogP contribution is -2.52. The van der Waals surface area contributed by atoms with Crippen molar-refractivity contribution in [2.45, 2.75) is 58.6 Å². The van der Waals surface area contributed by atoms with Crippen molar-refractivity contribution < 1.29 is 19.1 Å². The van der Waals surface area contributed by atoms with Gasteiger partial charge in [-0.25, -0.2) is 9.59 Å². The van der Waals surface area contributed by atoms with Crippen molar-refractivity contribution in [1.29, 1.82) is 0 Å². The zero-order valence-electron chi connectivity index (χ0n) is 11.9. The zero-order chi connectivity index (χ0) is 14.0. The van der Waals surface area contributed by atoms with Crippen LogP contribution in [0.3, 0.4) is 0 Å². The number of carbonyl (C=O) groups excluding carboxylic acids is 2. The van der Waals surface area contributed by atoms with Crippen LogP contribution >= 0.6 is 0 Å². The lowest BCUT2D eigenvalue weighted by Gasteiger charge is -2.34. The molecule has 1 amide bonds. The Morgan fingerprint density at radius 3 is 2.44 bits per heavy atom. The summed E-state index contributed by atoms with van der Waals surface area (Å²) in [6.07, 6.45) is 0.954. The highest BCUT2D eigenvalue weighted by Crippen LogP contribution is 2.31. The minimum Gasteiger partial charge on any atom is -0.464 e. The molecule has 0 aliphatic carbocycles. The Balaban J connectivity index is 2.81. The highest BCUT2D eigenvalue weighted by Gasteiger charge is 2.48. The fourth-order valence-electron chi connectivity index (χ4n) is 2.07. The standard InChI is InChI=1S/C13H23NO4/c1-6-17-10(15)13(5)8-7-9-14(13)11(16)18-12(2,3)4/h6-9H2,1-5H3/t13-/m0/s1. The van der Waals surface area contributed by atoms with E-state index < -0.39 is 17.2 Å². The van der Waals surface area contributed by atoms with Crippen LogP contribution in [0.25, 0.3) is 0 Å². The molecular formula is C13H23NO4. The Labute approximate surface area is 108 Å². The van der Waals surface area contributed by atoms with E-state index in [1.54, 1.807) is 13.8 Å². The molecule has 0 radical (unpaired) electrons. The molecule has 5 nitrogen and oxygen atoms in total. The summed E-state index contributed by atoms with van der Waals surface area (Å²) >= 11 is 0. The van der Waals surface area contributed by atoms with E-state index in [9.17, 15) is 9.59 Å². The molecule has 1 saturated heterocycles. The molecule has 0 spiro atoms. The topological polar surface area (TPSA) is 55.8 Å². The molecule has 1 aliphatic rings. The summed E-state index contributed by atoms with van der Waals surface area (Å²) in [5, 5.41) is 0. The SMILES string of the molecule is CCOC(=O)[C@]1(C)CCCN1C(=O)OC(C)(C)C. The predicted octanol–water partition coefficient (Wildman–Crippen LogP) is 2.34. The van der Waals surface area contributed by atoms with E-state index >= 15 is 0 Å². The minimum atomic E-state index is -0.891. The fourth-order valence-corrected chi connectivity index (χ4v) is 2.07. The van der Waals surface area contributed by atoms with Crippen molar-refractivity contribution in [2.75, 3.05) is 13.2 Å². The molecule has 0 unspecified atom stereocenters. The molecule has 1 heterocycles. The molecule has 18 heavy (non-hydrogen) atoms. The summed E-state index contributed by atoms with van der Waals surface area (Å²) in [5.41, 5.74) is -1.45. The Bertz CT molecular complexity index is 334. The third-order valence-electron chi connectivity index (χ3n) is 2.97. The number of rotatable bonds is 2. The van der Waals surface area contributed by atoms with Crippen LogP contribution in [0.1, 0.15) is 47.5 Å². The number of ether oxygens (including phenoxy) is 2. The van der Waals surface area contributed by atoms with Gasteiger partial charge in [-0.05, 0) is 47.5 Å². The van der Waals surface area contributed by atoms with Crippen LogP contribution < -0.4 is 0 Å². The maximum absolute atomic E-state index is 12.1. The number of esters is 1. The fraction of sp³-hybridized carbons (Fsp3) is 0.846. The van der Waals surface area contributed by atoms with Gasteiger partial charge in [0.15, 0.2) is 0 Å². The lowest BCUT2D eigenvalue weighted by atomic mass is 9.99. The molecule has 0 saturated carbocycles. The van der Waals surface area contributed by atoms with Crippen molar-refractivity contribution in [2.24, 2.45) is 0 Å². The zero-order valence-corrected chi connectivity index (χ0v) is 11.9. The van der Waals surface area contributed by atoms with Crippen molar-refractivity contribution in [3.8, 4) is 0 Å². The molecule has 5 heteroatoms. The third kappa shape index (κ3) is 3.15. The summed E-state index contributed by atoms with van der Waals surface area (Å²) in [7, 11) is 0. The first kappa shape index (κ1) is 14.8. The average Bonchev–Trinajstić information content (AvgIpc) is 2.59. The van der Waals surface area contributed by atoms with Gasteiger partial charge in [-0.2, -0.15) is 0 Å². The number of nitrogens with zero attached hydrogens (tertiary/aromatic N) is 1. The van der Waals surface area contributed by atoms with Crippen LogP contribution in [0.4, 0.5) is 4.79 Å². The minimum absolute atomic E-state index is 0.316. The quantitative estimate of drug-likeness (QED) is 0.712. The van der Waals surface area contributed by atoms with Gasteiger partial charge < -0.3 is 9.47 Å².